The summed E-state index contributed by atoms with van der Waals surface area (Å²) in [5.41, 5.74) is 4.67. The van der Waals surface area contributed by atoms with Crippen LogP contribution in [0.2, 0.25) is 0 Å². The number of halogens is 1. The third kappa shape index (κ3) is 7.80. The van der Waals surface area contributed by atoms with Gasteiger partial charge in [0.25, 0.3) is 5.91 Å². The lowest BCUT2D eigenvalue weighted by atomic mass is 9.95. The number of para-hydroxylation sites is 1. The molecule has 1 amide bonds. The van der Waals surface area contributed by atoms with Crippen molar-refractivity contribution in [3.05, 3.63) is 75.9 Å². The molecule has 1 atom stereocenters. The van der Waals surface area contributed by atoms with E-state index in [0.29, 0.717) is 55.8 Å². The van der Waals surface area contributed by atoms with E-state index in [2.05, 4.69) is 43.7 Å². The molecule has 39 heavy (non-hydrogen) atoms. The van der Waals surface area contributed by atoms with Gasteiger partial charge in [0.15, 0.2) is 23.2 Å². The van der Waals surface area contributed by atoms with E-state index in [9.17, 15) is 9.59 Å². The van der Waals surface area contributed by atoms with Crippen LogP contribution in [0.4, 0.5) is 0 Å². The van der Waals surface area contributed by atoms with Crippen molar-refractivity contribution in [2.45, 2.75) is 19.9 Å². The minimum atomic E-state index is -0.623. The second-order valence-corrected chi connectivity index (χ2v) is 9.31. The highest BCUT2D eigenvalue weighted by Gasteiger charge is 2.32. The van der Waals surface area contributed by atoms with Gasteiger partial charge in [0.1, 0.15) is 12.4 Å². The zero-order valence-electron chi connectivity index (χ0n) is 21.7. The summed E-state index contributed by atoms with van der Waals surface area (Å²) in [6.45, 7) is 7.35. The van der Waals surface area contributed by atoms with Gasteiger partial charge in [-0.15, -0.1) is 0 Å². The van der Waals surface area contributed by atoms with Crippen LogP contribution in [0.1, 0.15) is 31.0 Å². The Labute approximate surface area is 240 Å². The number of hydrogen-bond acceptors (Lipinski definition) is 8. The molecule has 1 heterocycles. The van der Waals surface area contributed by atoms with Gasteiger partial charge in [0.2, 0.25) is 0 Å². The number of hydrogen-bond donors (Lipinski definition) is 3. The topological polar surface area (TPSA) is 120 Å². The Balaban J connectivity index is 1.69. The number of hydrazone groups is 1. The molecule has 3 rings (SSSR count). The Kier molecular flexibility index (Phi) is 10.9. The average Bonchev–Trinajstić information content (AvgIpc) is 2.90. The van der Waals surface area contributed by atoms with Crippen molar-refractivity contribution >= 4 is 51.4 Å². The fraction of sp³-hybridized carbons (Fsp3) is 0.259. The van der Waals surface area contributed by atoms with E-state index in [1.165, 1.54) is 13.3 Å². The second kappa shape index (κ2) is 14.3. The number of ether oxygens (including phenoxy) is 4. The van der Waals surface area contributed by atoms with E-state index in [-0.39, 0.29) is 13.2 Å². The Morgan fingerprint density at radius 2 is 2.00 bits per heavy atom. The molecule has 0 saturated carbocycles. The summed E-state index contributed by atoms with van der Waals surface area (Å²) in [6.07, 6.45) is 3.10. The molecular formula is C27H29BrN4O6S. The first-order chi connectivity index (χ1) is 18.8. The summed E-state index contributed by atoms with van der Waals surface area (Å²) in [5, 5.41) is 10.4. The predicted molar refractivity (Wildman–Crippen MR) is 155 cm³/mol. The van der Waals surface area contributed by atoms with Crippen LogP contribution in [-0.2, 0) is 14.3 Å². The highest BCUT2D eigenvalue weighted by Crippen LogP contribution is 2.36. The monoisotopic (exact) mass is 616 g/mol. The number of nitrogens with one attached hydrogen (secondary N) is 3. The lowest BCUT2D eigenvalue weighted by molar-refractivity contribution is -0.139. The molecule has 0 aliphatic carbocycles. The Bertz CT molecular complexity index is 1310. The first-order valence-electron chi connectivity index (χ1n) is 11.9. The van der Waals surface area contributed by atoms with Gasteiger partial charge in [0.05, 0.1) is 36.0 Å². The molecule has 0 fully saturated rings. The zero-order valence-corrected chi connectivity index (χ0v) is 24.1. The molecule has 10 nitrogen and oxygen atoms in total. The Morgan fingerprint density at radius 1 is 1.23 bits per heavy atom. The van der Waals surface area contributed by atoms with E-state index in [1.807, 2.05) is 0 Å². The van der Waals surface area contributed by atoms with Crippen LogP contribution in [0.15, 0.2) is 69.9 Å². The molecule has 0 spiro atoms. The van der Waals surface area contributed by atoms with Gasteiger partial charge < -0.3 is 29.6 Å². The molecule has 12 heteroatoms. The summed E-state index contributed by atoms with van der Waals surface area (Å²) >= 11 is 8.75. The van der Waals surface area contributed by atoms with Gasteiger partial charge in [-0.25, -0.2) is 10.2 Å². The van der Waals surface area contributed by atoms with Gasteiger partial charge in [-0.1, -0.05) is 30.9 Å². The molecular weight excluding hydrogens is 588 g/mol. The third-order valence-corrected chi connectivity index (χ3v) is 6.16. The molecule has 0 radical (unpaired) electrons. The average molecular weight is 618 g/mol. The number of carbonyl (C=O) groups is 2. The number of rotatable bonds is 12. The SMILES string of the molecule is C=CCOc1c(Br)cc(C=NNC(=O)COc2ccccc2[C@@H]2NC(=S)NC(C)=C2C(=O)OCC)cc1OC. The quantitative estimate of drug-likeness (QED) is 0.107. The summed E-state index contributed by atoms with van der Waals surface area (Å²) in [5.74, 6) is 0.469. The zero-order chi connectivity index (χ0) is 28.4. The van der Waals surface area contributed by atoms with Gasteiger partial charge >= 0.3 is 5.97 Å². The van der Waals surface area contributed by atoms with Crippen molar-refractivity contribution in [2.75, 3.05) is 26.9 Å². The summed E-state index contributed by atoms with van der Waals surface area (Å²) < 4.78 is 22.7. The van der Waals surface area contributed by atoms with E-state index >= 15 is 0 Å². The maximum Gasteiger partial charge on any atom is 0.338 e. The minimum Gasteiger partial charge on any atom is -0.493 e. The number of esters is 1. The van der Waals surface area contributed by atoms with Crippen LogP contribution in [0.25, 0.3) is 0 Å². The summed E-state index contributed by atoms with van der Waals surface area (Å²) in [7, 11) is 1.53. The van der Waals surface area contributed by atoms with E-state index in [1.54, 1.807) is 56.3 Å². The molecule has 0 unspecified atom stereocenters. The van der Waals surface area contributed by atoms with Crippen LogP contribution in [-0.4, -0.2) is 50.1 Å². The molecule has 0 bridgehead atoms. The lowest BCUT2D eigenvalue weighted by Gasteiger charge is -2.30. The molecule has 206 valence electrons. The van der Waals surface area contributed by atoms with Crippen LogP contribution in [0.3, 0.4) is 0 Å². The van der Waals surface area contributed by atoms with Gasteiger partial charge in [-0.2, -0.15) is 5.10 Å². The predicted octanol–water partition coefficient (Wildman–Crippen LogP) is 3.91. The van der Waals surface area contributed by atoms with Crippen molar-refractivity contribution in [3.63, 3.8) is 0 Å². The maximum atomic E-state index is 12.7. The van der Waals surface area contributed by atoms with Crippen molar-refractivity contribution in [2.24, 2.45) is 5.10 Å². The molecule has 0 saturated heterocycles. The van der Waals surface area contributed by atoms with Crippen LogP contribution in [0.5, 0.6) is 17.2 Å². The Morgan fingerprint density at radius 3 is 2.72 bits per heavy atom. The lowest BCUT2D eigenvalue weighted by Crippen LogP contribution is -2.45. The second-order valence-electron chi connectivity index (χ2n) is 8.04. The molecule has 0 aromatic heterocycles. The Hall–Kier alpha value is -3.90. The fourth-order valence-corrected chi connectivity index (χ4v) is 4.55. The van der Waals surface area contributed by atoms with E-state index in [0.717, 1.165) is 0 Å². The molecule has 1 aliphatic rings. The number of carbonyl (C=O) groups excluding carboxylic acids is 2. The normalized spacial score (nSPS) is 14.8. The summed E-state index contributed by atoms with van der Waals surface area (Å²) in [4.78, 5) is 25.2. The number of amides is 1. The first kappa shape index (κ1) is 29.7. The molecule has 1 aliphatic heterocycles. The van der Waals surface area contributed by atoms with Gasteiger partial charge in [-0.3, -0.25) is 4.79 Å². The van der Waals surface area contributed by atoms with Crippen LogP contribution in [0, 0.1) is 0 Å². The number of nitrogens with zero attached hydrogens (tertiary/aromatic N) is 1. The van der Waals surface area contributed by atoms with E-state index < -0.39 is 17.9 Å². The molecule has 2 aromatic carbocycles. The highest BCUT2D eigenvalue weighted by molar-refractivity contribution is 9.10. The maximum absolute atomic E-state index is 12.7. The molecule has 3 N–H and O–H groups in total. The number of thiocarbonyl (C=S) groups is 1. The highest BCUT2D eigenvalue weighted by atomic mass is 79.9. The number of allylic oxidation sites excluding steroid dienone is 1. The number of benzene rings is 2. The molecule has 2 aromatic rings. The summed E-state index contributed by atoms with van der Waals surface area (Å²) in [6, 6.07) is 9.94. The van der Waals surface area contributed by atoms with Crippen molar-refractivity contribution < 1.29 is 28.5 Å². The standard InChI is InChI=1S/C27H29BrN4O6S/c1-5-11-37-25-19(28)12-17(13-21(25)35-4)14-29-32-22(33)15-38-20-10-8-7-9-18(20)24-23(26(34)36-6-2)16(3)30-27(39)31-24/h5,7-10,12-14,24H,1,6,11,15H2,2-4H3,(H,32,33)(H2,30,31,39)/t24-/m0/s1. The smallest absolute Gasteiger partial charge is 0.338 e. The van der Waals surface area contributed by atoms with Crippen molar-refractivity contribution in [1.82, 2.24) is 16.1 Å². The number of methoxy groups -OCH3 is 1. The van der Waals surface area contributed by atoms with E-state index in [4.69, 9.17) is 31.2 Å². The van der Waals surface area contributed by atoms with Gasteiger partial charge in [0, 0.05) is 11.3 Å². The fourth-order valence-electron chi connectivity index (χ4n) is 3.71. The van der Waals surface area contributed by atoms with Crippen LogP contribution >= 0.6 is 28.1 Å². The first-order valence-corrected chi connectivity index (χ1v) is 13.1. The minimum absolute atomic E-state index is 0.225. The van der Waals surface area contributed by atoms with Gasteiger partial charge in [-0.05, 0) is 65.8 Å². The van der Waals surface area contributed by atoms with Crippen LogP contribution < -0.4 is 30.3 Å². The van der Waals surface area contributed by atoms with Crippen molar-refractivity contribution in [3.8, 4) is 17.2 Å². The third-order valence-electron chi connectivity index (χ3n) is 5.35. The largest absolute Gasteiger partial charge is 0.493 e. The van der Waals surface area contributed by atoms with Crippen molar-refractivity contribution in [1.29, 1.82) is 0 Å².